The highest BCUT2D eigenvalue weighted by Crippen LogP contribution is 2.24. The standard InChI is InChI=1S/C11H12Cl3NO2/c1-2-17-11(16)15(14)7-10(13)8-3-5-9(12)6-4-8/h3-6,10H,2,7H2,1H3. The van der Waals surface area contributed by atoms with E-state index in [1.807, 2.05) is 0 Å². The van der Waals surface area contributed by atoms with Gasteiger partial charge in [-0.1, -0.05) is 23.7 Å². The van der Waals surface area contributed by atoms with Gasteiger partial charge in [-0.2, -0.15) is 0 Å². The molecule has 0 N–H and O–H groups in total. The molecule has 1 atom stereocenters. The summed E-state index contributed by atoms with van der Waals surface area (Å²) in [6, 6.07) is 7.04. The fourth-order valence-electron chi connectivity index (χ4n) is 1.19. The molecule has 1 aromatic carbocycles. The van der Waals surface area contributed by atoms with E-state index in [4.69, 9.17) is 39.7 Å². The van der Waals surface area contributed by atoms with Gasteiger partial charge in [-0.15, -0.1) is 11.6 Å². The first kappa shape index (κ1) is 14.4. The molecule has 0 saturated heterocycles. The number of amides is 1. The topological polar surface area (TPSA) is 29.5 Å². The fraction of sp³-hybridized carbons (Fsp3) is 0.364. The van der Waals surface area contributed by atoms with E-state index in [1.165, 1.54) is 0 Å². The number of ether oxygens (including phenoxy) is 1. The van der Waals surface area contributed by atoms with Crippen molar-refractivity contribution in [3.05, 3.63) is 34.9 Å². The van der Waals surface area contributed by atoms with E-state index in [2.05, 4.69) is 0 Å². The largest absolute Gasteiger partial charge is 0.449 e. The Balaban J connectivity index is 2.56. The molecule has 3 nitrogen and oxygen atoms in total. The monoisotopic (exact) mass is 295 g/mol. The van der Waals surface area contributed by atoms with Crippen LogP contribution in [0.3, 0.4) is 0 Å². The molecule has 0 aromatic heterocycles. The van der Waals surface area contributed by atoms with E-state index in [0.717, 1.165) is 9.98 Å². The van der Waals surface area contributed by atoms with Crippen LogP contribution < -0.4 is 0 Å². The molecule has 0 aliphatic rings. The Bertz CT molecular complexity index is 369. The molecule has 0 saturated carbocycles. The molecule has 6 heteroatoms. The van der Waals surface area contributed by atoms with E-state index in [1.54, 1.807) is 31.2 Å². The third-order valence-electron chi connectivity index (χ3n) is 2.02. The summed E-state index contributed by atoms with van der Waals surface area (Å²) >= 11 is 17.6. The predicted octanol–water partition coefficient (Wildman–Crippen LogP) is 4.23. The third kappa shape index (κ3) is 4.62. The summed E-state index contributed by atoms with van der Waals surface area (Å²) in [7, 11) is 0. The first-order chi connectivity index (χ1) is 8.04. The van der Waals surface area contributed by atoms with Crippen LogP contribution in [-0.4, -0.2) is 23.7 Å². The Hall–Kier alpha value is -0.640. The van der Waals surface area contributed by atoms with Crippen molar-refractivity contribution in [1.82, 2.24) is 4.42 Å². The lowest BCUT2D eigenvalue weighted by molar-refractivity contribution is 0.131. The lowest BCUT2D eigenvalue weighted by Gasteiger charge is -2.17. The van der Waals surface area contributed by atoms with E-state index in [9.17, 15) is 4.79 Å². The Morgan fingerprint density at radius 2 is 2.00 bits per heavy atom. The summed E-state index contributed by atoms with van der Waals surface area (Å²) in [5, 5.41) is 0.222. The Kier molecular flexibility index (Phi) is 5.89. The van der Waals surface area contributed by atoms with Crippen molar-refractivity contribution in [2.24, 2.45) is 0 Å². The predicted molar refractivity (Wildman–Crippen MR) is 69.6 cm³/mol. The van der Waals surface area contributed by atoms with Crippen molar-refractivity contribution in [1.29, 1.82) is 0 Å². The van der Waals surface area contributed by atoms with Gasteiger partial charge in [0.05, 0.1) is 18.5 Å². The molecule has 1 amide bonds. The summed E-state index contributed by atoms with van der Waals surface area (Å²) in [5.74, 6) is 0. The lowest BCUT2D eigenvalue weighted by Crippen LogP contribution is -2.25. The van der Waals surface area contributed by atoms with Crippen LogP contribution in [0, 0.1) is 0 Å². The number of rotatable bonds is 4. The fourth-order valence-corrected chi connectivity index (χ4v) is 1.85. The number of hydrogen-bond acceptors (Lipinski definition) is 2. The summed E-state index contributed by atoms with van der Waals surface area (Å²) in [6.45, 7) is 2.14. The number of alkyl halides is 1. The van der Waals surface area contributed by atoms with Crippen LogP contribution in [0.1, 0.15) is 17.9 Å². The highest BCUT2D eigenvalue weighted by molar-refractivity contribution is 6.30. The molecule has 0 radical (unpaired) electrons. The highest BCUT2D eigenvalue weighted by Gasteiger charge is 2.17. The smallest absolute Gasteiger partial charge is 0.424 e. The van der Waals surface area contributed by atoms with Crippen molar-refractivity contribution in [3.63, 3.8) is 0 Å². The van der Waals surface area contributed by atoms with Crippen LogP contribution in [0.2, 0.25) is 5.02 Å². The molecular formula is C11H12Cl3NO2. The van der Waals surface area contributed by atoms with Crippen molar-refractivity contribution >= 4 is 41.1 Å². The first-order valence-corrected chi connectivity index (χ1v) is 6.19. The quantitative estimate of drug-likeness (QED) is 0.614. The summed E-state index contributed by atoms with van der Waals surface area (Å²) < 4.78 is 5.66. The average molecular weight is 297 g/mol. The number of hydrogen-bond donors (Lipinski definition) is 0. The minimum absolute atomic E-state index is 0.156. The zero-order chi connectivity index (χ0) is 12.8. The van der Waals surface area contributed by atoms with Crippen LogP contribution in [0.15, 0.2) is 24.3 Å². The van der Waals surface area contributed by atoms with Crippen LogP contribution in [-0.2, 0) is 4.74 Å². The van der Waals surface area contributed by atoms with Gasteiger partial charge in [0.15, 0.2) is 0 Å². The number of nitrogens with zero attached hydrogens (tertiary/aromatic N) is 1. The summed E-state index contributed by atoms with van der Waals surface area (Å²) in [5.41, 5.74) is 0.839. The van der Waals surface area contributed by atoms with Gasteiger partial charge in [0, 0.05) is 16.8 Å². The molecule has 17 heavy (non-hydrogen) atoms. The molecule has 0 heterocycles. The van der Waals surface area contributed by atoms with Crippen molar-refractivity contribution in [2.45, 2.75) is 12.3 Å². The van der Waals surface area contributed by atoms with Gasteiger partial charge in [-0.05, 0) is 24.6 Å². The molecule has 0 aliphatic carbocycles. The van der Waals surface area contributed by atoms with Crippen molar-refractivity contribution in [3.8, 4) is 0 Å². The van der Waals surface area contributed by atoms with E-state index >= 15 is 0 Å². The van der Waals surface area contributed by atoms with Gasteiger partial charge in [0.1, 0.15) is 0 Å². The number of carbonyl (C=O) groups is 1. The van der Waals surface area contributed by atoms with E-state index in [-0.39, 0.29) is 13.2 Å². The van der Waals surface area contributed by atoms with Crippen LogP contribution in [0.5, 0.6) is 0 Å². The van der Waals surface area contributed by atoms with Gasteiger partial charge in [0.2, 0.25) is 0 Å². The van der Waals surface area contributed by atoms with Crippen molar-refractivity contribution < 1.29 is 9.53 Å². The molecular weight excluding hydrogens is 284 g/mol. The van der Waals surface area contributed by atoms with Gasteiger partial charge < -0.3 is 4.74 Å². The second-order valence-corrected chi connectivity index (χ2v) is 4.63. The maximum absolute atomic E-state index is 11.3. The normalized spacial score (nSPS) is 12.0. The number of carbonyl (C=O) groups excluding carboxylic acids is 1. The maximum atomic E-state index is 11.3. The van der Waals surface area contributed by atoms with Gasteiger partial charge in [-0.25, -0.2) is 9.21 Å². The molecule has 1 rings (SSSR count). The van der Waals surface area contributed by atoms with E-state index < -0.39 is 11.5 Å². The minimum atomic E-state index is -0.603. The van der Waals surface area contributed by atoms with Gasteiger partial charge in [-0.3, -0.25) is 0 Å². The van der Waals surface area contributed by atoms with Crippen LogP contribution in [0.4, 0.5) is 4.79 Å². The first-order valence-electron chi connectivity index (χ1n) is 5.04. The Morgan fingerprint density at radius 1 is 1.41 bits per heavy atom. The summed E-state index contributed by atoms with van der Waals surface area (Å²) in [6.07, 6.45) is -0.603. The third-order valence-corrected chi connectivity index (χ3v) is 2.94. The SMILES string of the molecule is CCOC(=O)N(Cl)CC(Cl)c1ccc(Cl)cc1. The van der Waals surface area contributed by atoms with E-state index in [0.29, 0.717) is 5.02 Å². The minimum Gasteiger partial charge on any atom is -0.449 e. The second kappa shape index (κ2) is 6.94. The van der Waals surface area contributed by atoms with Gasteiger partial charge >= 0.3 is 6.09 Å². The van der Waals surface area contributed by atoms with Gasteiger partial charge in [0.25, 0.3) is 0 Å². The highest BCUT2D eigenvalue weighted by atomic mass is 35.5. The lowest BCUT2D eigenvalue weighted by atomic mass is 10.1. The maximum Gasteiger partial charge on any atom is 0.424 e. The molecule has 1 unspecified atom stereocenters. The van der Waals surface area contributed by atoms with Crippen LogP contribution >= 0.6 is 35.0 Å². The Morgan fingerprint density at radius 3 is 2.53 bits per heavy atom. The number of halogens is 3. The zero-order valence-corrected chi connectivity index (χ0v) is 11.5. The zero-order valence-electron chi connectivity index (χ0n) is 9.20. The molecule has 0 fully saturated rings. The molecule has 0 spiro atoms. The molecule has 0 bridgehead atoms. The number of benzene rings is 1. The molecule has 0 aliphatic heterocycles. The molecule has 1 aromatic rings. The van der Waals surface area contributed by atoms with Crippen LogP contribution in [0.25, 0.3) is 0 Å². The van der Waals surface area contributed by atoms with Crippen molar-refractivity contribution in [2.75, 3.05) is 13.2 Å². The Labute approximate surface area is 115 Å². The second-order valence-electron chi connectivity index (χ2n) is 3.26. The molecule has 94 valence electrons. The average Bonchev–Trinajstić information content (AvgIpc) is 2.30. The summed E-state index contributed by atoms with van der Waals surface area (Å²) in [4.78, 5) is 11.3.